The Morgan fingerprint density at radius 3 is 2.36 bits per heavy atom. The maximum absolute atomic E-state index is 6.15. The Labute approximate surface area is 135 Å². The molecule has 3 rings (SSSR count). The molecule has 0 saturated heterocycles. The lowest BCUT2D eigenvalue weighted by Crippen LogP contribution is -2.44. The molecule has 2 N–H and O–H groups in total. The fraction of sp³-hybridized carbons (Fsp3) is 0.467. The zero-order chi connectivity index (χ0) is 14.7. The lowest BCUT2D eigenvalue weighted by Gasteiger charge is -2.34. The minimum absolute atomic E-state index is 0. The van der Waals surface area contributed by atoms with E-state index in [0.29, 0.717) is 18.3 Å². The number of benzene rings is 1. The van der Waals surface area contributed by atoms with Crippen molar-refractivity contribution in [2.75, 3.05) is 6.61 Å². The molecule has 0 atom stereocenters. The second-order valence-corrected chi connectivity index (χ2v) is 5.21. The summed E-state index contributed by atoms with van der Waals surface area (Å²) in [4.78, 5) is 4.31. The quantitative estimate of drug-likeness (QED) is 0.879. The van der Waals surface area contributed by atoms with E-state index in [0.717, 1.165) is 30.8 Å². The summed E-state index contributed by atoms with van der Waals surface area (Å²) in [6.07, 6.45) is 2.93. The SMILES string of the molecule is CCOc1ccc(OCc2nc(C3(N)CCC3)no2)cc1.Cl. The van der Waals surface area contributed by atoms with Gasteiger partial charge in [0.05, 0.1) is 12.1 Å². The smallest absolute Gasteiger partial charge is 0.264 e. The van der Waals surface area contributed by atoms with Gasteiger partial charge in [-0.15, -0.1) is 12.4 Å². The van der Waals surface area contributed by atoms with Gasteiger partial charge in [0.1, 0.15) is 11.5 Å². The zero-order valence-corrected chi connectivity index (χ0v) is 13.3. The molecule has 120 valence electrons. The molecule has 6 nitrogen and oxygen atoms in total. The molecule has 0 bridgehead atoms. The van der Waals surface area contributed by atoms with Gasteiger partial charge in [-0.1, -0.05) is 5.16 Å². The second kappa shape index (κ2) is 6.98. The van der Waals surface area contributed by atoms with Crippen LogP contribution in [0.4, 0.5) is 0 Å². The second-order valence-electron chi connectivity index (χ2n) is 5.21. The summed E-state index contributed by atoms with van der Waals surface area (Å²) in [7, 11) is 0. The first-order valence-electron chi connectivity index (χ1n) is 7.17. The van der Waals surface area contributed by atoms with E-state index in [1.165, 1.54) is 0 Å². The van der Waals surface area contributed by atoms with Gasteiger partial charge in [-0.25, -0.2) is 0 Å². The zero-order valence-electron chi connectivity index (χ0n) is 12.4. The van der Waals surface area contributed by atoms with Gasteiger partial charge in [0, 0.05) is 0 Å². The molecule has 7 heteroatoms. The van der Waals surface area contributed by atoms with Crippen LogP contribution in [0, 0.1) is 0 Å². The summed E-state index contributed by atoms with van der Waals surface area (Å²) in [5, 5.41) is 3.95. The largest absolute Gasteiger partial charge is 0.494 e. The van der Waals surface area contributed by atoms with E-state index in [4.69, 9.17) is 19.7 Å². The molecule has 1 fully saturated rings. The van der Waals surface area contributed by atoms with Crippen LogP contribution in [0.25, 0.3) is 0 Å². The number of aromatic nitrogens is 2. The standard InChI is InChI=1S/C15H19N3O3.ClH/c1-2-19-11-4-6-12(7-5-11)20-10-13-17-14(18-21-13)15(16)8-3-9-15;/h4-7H,2-3,8-10,16H2,1H3;1H. The van der Waals surface area contributed by atoms with Crippen molar-refractivity contribution in [3.8, 4) is 11.5 Å². The Morgan fingerprint density at radius 2 is 1.82 bits per heavy atom. The fourth-order valence-corrected chi connectivity index (χ4v) is 2.24. The molecule has 1 saturated carbocycles. The molecular formula is C15H20ClN3O3. The molecular weight excluding hydrogens is 306 g/mol. The molecule has 1 heterocycles. The first kappa shape index (κ1) is 16.6. The maximum atomic E-state index is 6.15. The Balaban J connectivity index is 0.00000176. The highest BCUT2D eigenvalue weighted by Crippen LogP contribution is 2.36. The monoisotopic (exact) mass is 325 g/mol. The van der Waals surface area contributed by atoms with Gasteiger partial charge in [0.15, 0.2) is 12.4 Å². The first-order valence-corrected chi connectivity index (χ1v) is 7.17. The highest BCUT2D eigenvalue weighted by atomic mass is 35.5. The van der Waals surface area contributed by atoms with Crippen molar-refractivity contribution in [2.24, 2.45) is 5.73 Å². The molecule has 0 radical (unpaired) electrons. The Kier molecular flexibility index (Phi) is 5.26. The van der Waals surface area contributed by atoms with Crippen LogP contribution in [0.15, 0.2) is 28.8 Å². The molecule has 1 aliphatic carbocycles. The molecule has 22 heavy (non-hydrogen) atoms. The molecule has 1 aliphatic rings. The summed E-state index contributed by atoms with van der Waals surface area (Å²) in [5.74, 6) is 2.57. The van der Waals surface area contributed by atoms with Gasteiger partial charge in [0.2, 0.25) is 0 Å². The van der Waals surface area contributed by atoms with Crippen molar-refractivity contribution in [1.82, 2.24) is 10.1 Å². The van der Waals surface area contributed by atoms with E-state index >= 15 is 0 Å². The minimum atomic E-state index is -0.402. The van der Waals surface area contributed by atoms with Crippen molar-refractivity contribution in [2.45, 2.75) is 38.3 Å². The first-order chi connectivity index (χ1) is 10.2. The average molecular weight is 326 g/mol. The highest BCUT2D eigenvalue weighted by molar-refractivity contribution is 5.85. The summed E-state index contributed by atoms with van der Waals surface area (Å²) in [6, 6.07) is 7.42. The molecule has 0 unspecified atom stereocenters. The predicted molar refractivity (Wildman–Crippen MR) is 83.2 cm³/mol. The Hall–Kier alpha value is -1.79. The van der Waals surface area contributed by atoms with Gasteiger partial charge < -0.3 is 19.7 Å². The number of nitrogens with two attached hydrogens (primary N) is 1. The van der Waals surface area contributed by atoms with Crippen LogP contribution in [0.2, 0.25) is 0 Å². The van der Waals surface area contributed by atoms with E-state index in [1.54, 1.807) is 0 Å². The van der Waals surface area contributed by atoms with Gasteiger partial charge >= 0.3 is 0 Å². The van der Waals surface area contributed by atoms with Crippen molar-refractivity contribution < 1.29 is 14.0 Å². The molecule has 2 aromatic rings. The summed E-state index contributed by atoms with van der Waals surface area (Å²) >= 11 is 0. The normalized spacial score (nSPS) is 15.5. The minimum Gasteiger partial charge on any atom is -0.494 e. The average Bonchev–Trinajstić information content (AvgIpc) is 2.94. The lowest BCUT2D eigenvalue weighted by atomic mass is 9.77. The van der Waals surface area contributed by atoms with Crippen molar-refractivity contribution >= 4 is 12.4 Å². The fourth-order valence-electron chi connectivity index (χ4n) is 2.24. The van der Waals surface area contributed by atoms with Crippen LogP contribution in [-0.2, 0) is 12.1 Å². The van der Waals surface area contributed by atoms with Crippen LogP contribution in [-0.4, -0.2) is 16.7 Å². The third kappa shape index (κ3) is 3.51. The summed E-state index contributed by atoms with van der Waals surface area (Å²) in [5.41, 5.74) is 5.75. The summed E-state index contributed by atoms with van der Waals surface area (Å²) < 4.78 is 16.2. The van der Waals surface area contributed by atoms with Crippen molar-refractivity contribution in [3.63, 3.8) is 0 Å². The third-order valence-corrected chi connectivity index (χ3v) is 3.66. The molecule has 1 aromatic carbocycles. The number of hydrogen-bond donors (Lipinski definition) is 1. The Morgan fingerprint density at radius 1 is 1.18 bits per heavy atom. The van der Waals surface area contributed by atoms with Crippen molar-refractivity contribution in [1.29, 1.82) is 0 Å². The van der Waals surface area contributed by atoms with E-state index in [9.17, 15) is 0 Å². The van der Waals surface area contributed by atoms with Gasteiger partial charge in [-0.2, -0.15) is 4.98 Å². The maximum Gasteiger partial charge on any atom is 0.264 e. The Bertz CT molecular complexity index is 596. The van der Waals surface area contributed by atoms with E-state index in [1.807, 2.05) is 31.2 Å². The highest BCUT2D eigenvalue weighted by Gasteiger charge is 2.38. The molecule has 0 amide bonds. The van der Waals surface area contributed by atoms with Crippen LogP contribution in [0.5, 0.6) is 11.5 Å². The van der Waals surface area contributed by atoms with Crippen LogP contribution in [0.1, 0.15) is 37.9 Å². The molecule has 1 aromatic heterocycles. The van der Waals surface area contributed by atoms with E-state index in [2.05, 4.69) is 10.1 Å². The number of nitrogens with zero attached hydrogens (tertiary/aromatic N) is 2. The third-order valence-electron chi connectivity index (χ3n) is 3.66. The van der Waals surface area contributed by atoms with E-state index < -0.39 is 5.54 Å². The van der Waals surface area contributed by atoms with Gasteiger partial charge in [-0.3, -0.25) is 0 Å². The molecule has 0 spiro atoms. The number of ether oxygens (including phenoxy) is 2. The van der Waals surface area contributed by atoms with Crippen LogP contribution >= 0.6 is 12.4 Å². The van der Waals surface area contributed by atoms with Crippen LogP contribution in [0.3, 0.4) is 0 Å². The number of hydrogen-bond acceptors (Lipinski definition) is 6. The number of rotatable bonds is 6. The predicted octanol–water partition coefficient (Wildman–Crippen LogP) is 2.81. The van der Waals surface area contributed by atoms with Crippen molar-refractivity contribution in [3.05, 3.63) is 36.0 Å². The van der Waals surface area contributed by atoms with Gasteiger partial charge in [-0.05, 0) is 50.5 Å². The lowest BCUT2D eigenvalue weighted by molar-refractivity contribution is 0.223. The summed E-state index contributed by atoms with van der Waals surface area (Å²) in [6.45, 7) is 2.83. The van der Waals surface area contributed by atoms with E-state index in [-0.39, 0.29) is 19.0 Å². The number of halogens is 1. The van der Waals surface area contributed by atoms with Gasteiger partial charge in [0.25, 0.3) is 5.89 Å². The van der Waals surface area contributed by atoms with Crippen LogP contribution < -0.4 is 15.2 Å². The topological polar surface area (TPSA) is 83.4 Å². The molecule has 0 aliphatic heterocycles.